The number of ether oxygens (including phenoxy) is 1. The molecule has 72 valence electrons. The van der Waals surface area contributed by atoms with E-state index in [9.17, 15) is 10.1 Å². The van der Waals surface area contributed by atoms with Crippen LogP contribution in [-0.2, 0) is 0 Å². The highest BCUT2D eigenvalue weighted by Crippen LogP contribution is 2.27. The number of nitrogens with zero attached hydrogens (tertiary/aromatic N) is 5. The van der Waals surface area contributed by atoms with Crippen molar-refractivity contribution in [2.75, 3.05) is 7.11 Å². The molecular weight excluding hydrogens is 190 g/mol. The van der Waals surface area contributed by atoms with Gasteiger partial charge in [0, 0.05) is 17.0 Å². The monoisotopic (exact) mass is 195 g/mol. The zero-order valence-corrected chi connectivity index (χ0v) is 7.12. The van der Waals surface area contributed by atoms with E-state index >= 15 is 0 Å². The van der Waals surface area contributed by atoms with E-state index in [0.29, 0.717) is 0 Å². The second-order valence-corrected chi connectivity index (χ2v) is 2.14. The molecule has 0 amide bonds. The smallest absolute Gasteiger partial charge is 0.297 e. The number of hydrogen-bond acceptors (Lipinski definition) is 5. The summed E-state index contributed by atoms with van der Waals surface area (Å²) in [6.07, 6.45) is 0. The molecule has 1 rings (SSSR count). The Hall–Kier alpha value is -2.34. The lowest BCUT2D eigenvalue weighted by atomic mass is 10.4. The van der Waals surface area contributed by atoms with Crippen LogP contribution in [0, 0.1) is 10.1 Å². The fourth-order valence-electron chi connectivity index (χ4n) is 0.796. The van der Waals surface area contributed by atoms with Crippen molar-refractivity contribution in [2.24, 2.45) is 5.11 Å². The van der Waals surface area contributed by atoms with Crippen LogP contribution in [0.4, 0.5) is 11.5 Å². The zero-order chi connectivity index (χ0) is 10.6. The van der Waals surface area contributed by atoms with E-state index in [4.69, 9.17) is 10.3 Å². The molecule has 0 bridgehead atoms. The van der Waals surface area contributed by atoms with Gasteiger partial charge in [0.1, 0.15) is 0 Å². The van der Waals surface area contributed by atoms with Crippen molar-refractivity contribution in [2.45, 2.75) is 0 Å². The van der Waals surface area contributed by atoms with E-state index in [-0.39, 0.29) is 17.4 Å². The second-order valence-electron chi connectivity index (χ2n) is 2.14. The van der Waals surface area contributed by atoms with Crippen LogP contribution in [0.2, 0.25) is 0 Å². The Morgan fingerprint density at radius 3 is 2.93 bits per heavy atom. The van der Waals surface area contributed by atoms with Gasteiger partial charge in [-0.2, -0.15) is 0 Å². The standard InChI is InChI=1S/C6H5N5O3/c1-14-5-3-2-4(11(12)13)6(8-5)9-10-7/h2-3H,1H3. The Morgan fingerprint density at radius 1 is 1.71 bits per heavy atom. The third kappa shape index (κ3) is 1.87. The number of nitro groups is 1. The van der Waals surface area contributed by atoms with E-state index in [0.717, 1.165) is 6.07 Å². The van der Waals surface area contributed by atoms with Crippen LogP contribution >= 0.6 is 0 Å². The van der Waals surface area contributed by atoms with Gasteiger partial charge in [0.15, 0.2) is 0 Å². The summed E-state index contributed by atoms with van der Waals surface area (Å²) in [5.74, 6) is -0.158. The average Bonchev–Trinajstić information content (AvgIpc) is 2.17. The predicted molar refractivity (Wildman–Crippen MR) is 46.2 cm³/mol. The van der Waals surface area contributed by atoms with Crippen molar-refractivity contribution in [1.82, 2.24) is 4.98 Å². The molecule has 0 aliphatic carbocycles. The molecule has 0 fully saturated rings. The fraction of sp³-hybridized carbons (Fsp3) is 0.167. The average molecular weight is 195 g/mol. The van der Waals surface area contributed by atoms with E-state index in [1.165, 1.54) is 13.2 Å². The Morgan fingerprint density at radius 2 is 2.43 bits per heavy atom. The maximum Gasteiger partial charge on any atom is 0.297 e. The first-order valence-electron chi connectivity index (χ1n) is 3.43. The summed E-state index contributed by atoms with van der Waals surface area (Å²) < 4.78 is 4.72. The molecule has 8 heteroatoms. The molecule has 0 unspecified atom stereocenters. The van der Waals surface area contributed by atoms with Gasteiger partial charge in [-0.25, -0.2) is 4.98 Å². The Labute approximate surface area is 77.9 Å². The summed E-state index contributed by atoms with van der Waals surface area (Å²) in [4.78, 5) is 15.8. The van der Waals surface area contributed by atoms with Crippen molar-refractivity contribution in [3.8, 4) is 5.88 Å². The maximum atomic E-state index is 10.4. The van der Waals surface area contributed by atoms with Crippen LogP contribution in [0.3, 0.4) is 0 Å². The van der Waals surface area contributed by atoms with Gasteiger partial charge in [0.25, 0.3) is 5.69 Å². The fourth-order valence-corrected chi connectivity index (χ4v) is 0.796. The van der Waals surface area contributed by atoms with Crippen molar-refractivity contribution < 1.29 is 9.66 Å². The van der Waals surface area contributed by atoms with Gasteiger partial charge in [-0.3, -0.25) is 10.1 Å². The highest BCUT2D eigenvalue weighted by atomic mass is 16.6. The van der Waals surface area contributed by atoms with Gasteiger partial charge in [0.2, 0.25) is 11.7 Å². The van der Waals surface area contributed by atoms with Crippen molar-refractivity contribution in [3.63, 3.8) is 0 Å². The zero-order valence-electron chi connectivity index (χ0n) is 7.12. The van der Waals surface area contributed by atoms with E-state index < -0.39 is 4.92 Å². The van der Waals surface area contributed by atoms with Gasteiger partial charge in [0.05, 0.1) is 12.0 Å². The SMILES string of the molecule is COc1ccc([N+](=O)[O-])c(N=[N+]=[N-])n1. The van der Waals surface area contributed by atoms with Gasteiger partial charge in [-0.15, -0.1) is 0 Å². The van der Waals surface area contributed by atoms with Crippen LogP contribution in [0.1, 0.15) is 0 Å². The van der Waals surface area contributed by atoms with Crippen LogP contribution in [-0.4, -0.2) is 17.0 Å². The minimum Gasteiger partial charge on any atom is -0.481 e. The highest BCUT2D eigenvalue weighted by Gasteiger charge is 2.14. The number of rotatable bonds is 3. The van der Waals surface area contributed by atoms with Crippen LogP contribution < -0.4 is 4.74 Å². The van der Waals surface area contributed by atoms with E-state index in [1.807, 2.05) is 0 Å². The van der Waals surface area contributed by atoms with Crippen molar-refractivity contribution >= 4 is 11.5 Å². The lowest BCUT2D eigenvalue weighted by Crippen LogP contribution is -1.92. The summed E-state index contributed by atoms with van der Waals surface area (Å²) in [5.41, 5.74) is 7.79. The molecule has 0 atom stereocenters. The van der Waals surface area contributed by atoms with E-state index in [1.54, 1.807) is 0 Å². The Bertz CT molecular complexity index is 412. The van der Waals surface area contributed by atoms with Crippen molar-refractivity contribution in [1.29, 1.82) is 0 Å². The Balaban J connectivity index is 3.30. The quantitative estimate of drug-likeness (QED) is 0.241. The molecule has 8 nitrogen and oxygen atoms in total. The first-order valence-corrected chi connectivity index (χ1v) is 3.43. The molecule has 0 saturated heterocycles. The third-order valence-corrected chi connectivity index (χ3v) is 1.37. The number of hydrogen-bond donors (Lipinski definition) is 0. The third-order valence-electron chi connectivity index (χ3n) is 1.37. The van der Waals surface area contributed by atoms with Gasteiger partial charge in [-0.05, 0) is 10.6 Å². The largest absolute Gasteiger partial charge is 0.481 e. The summed E-state index contributed by atoms with van der Waals surface area (Å²) in [6, 6.07) is 2.48. The normalized spacial score (nSPS) is 8.93. The molecule has 1 heterocycles. The lowest BCUT2D eigenvalue weighted by Gasteiger charge is -1.99. The lowest BCUT2D eigenvalue weighted by molar-refractivity contribution is -0.384. The molecule has 14 heavy (non-hydrogen) atoms. The molecule has 1 aromatic rings. The first-order chi connectivity index (χ1) is 6.69. The highest BCUT2D eigenvalue weighted by molar-refractivity contribution is 5.52. The summed E-state index contributed by atoms with van der Waals surface area (Å²) in [6.45, 7) is 0. The molecule has 1 aromatic heterocycles. The molecule has 0 aromatic carbocycles. The molecule has 0 radical (unpaired) electrons. The molecule has 0 aliphatic heterocycles. The predicted octanol–water partition coefficient (Wildman–Crippen LogP) is 1.94. The summed E-state index contributed by atoms with van der Waals surface area (Å²) in [7, 11) is 1.36. The molecular formula is C6H5N5O3. The summed E-state index contributed by atoms with van der Waals surface area (Å²) in [5, 5.41) is 13.5. The van der Waals surface area contributed by atoms with Gasteiger partial charge in [-0.1, -0.05) is 0 Å². The number of aromatic nitrogens is 1. The number of methoxy groups -OCH3 is 1. The molecule has 0 saturated carbocycles. The molecule has 0 aliphatic rings. The van der Waals surface area contributed by atoms with Crippen molar-refractivity contribution in [3.05, 3.63) is 32.7 Å². The Kier molecular flexibility index (Phi) is 2.82. The van der Waals surface area contributed by atoms with Crippen LogP contribution in [0.5, 0.6) is 5.88 Å². The number of azide groups is 1. The summed E-state index contributed by atoms with van der Waals surface area (Å²) >= 11 is 0. The number of pyridine rings is 1. The minimum absolute atomic E-state index is 0.151. The molecule has 0 spiro atoms. The minimum atomic E-state index is -0.684. The maximum absolute atomic E-state index is 10.4. The van der Waals surface area contributed by atoms with Crippen LogP contribution in [0.15, 0.2) is 17.2 Å². The second kappa shape index (κ2) is 4.06. The van der Waals surface area contributed by atoms with Gasteiger partial charge >= 0.3 is 0 Å². The first kappa shape index (κ1) is 9.75. The van der Waals surface area contributed by atoms with E-state index in [2.05, 4.69) is 15.0 Å². The molecule has 0 N–H and O–H groups in total. The van der Waals surface area contributed by atoms with Gasteiger partial charge < -0.3 is 4.74 Å². The topological polar surface area (TPSA) is 114 Å². The van der Waals surface area contributed by atoms with Crippen LogP contribution in [0.25, 0.3) is 10.4 Å².